The molecule has 0 amide bonds. The molecule has 7 heteroatoms. The summed E-state index contributed by atoms with van der Waals surface area (Å²) in [5.41, 5.74) is 3.48. The third-order valence-electron chi connectivity index (χ3n) is 1.99. The Hall–Kier alpha value is -0.980. The molecule has 0 aromatic heterocycles. The fourth-order valence-electron chi connectivity index (χ4n) is 1.22. The molecular formula is C9H9ClF3NO2. The van der Waals surface area contributed by atoms with Crippen molar-refractivity contribution in [3.8, 4) is 5.75 Å². The molecule has 4 N–H and O–H groups in total. The lowest BCUT2D eigenvalue weighted by atomic mass is 10.0. The summed E-state index contributed by atoms with van der Waals surface area (Å²) in [5, 5.41) is 18.4. The Morgan fingerprint density at radius 2 is 1.94 bits per heavy atom. The summed E-state index contributed by atoms with van der Waals surface area (Å²) < 4.78 is 37.3. The van der Waals surface area contributed by atoms with Gasteiger partial charge in [-0.15, -0.1) is 0 Å². The monoisotopic (exact) mass is 255 g/mol. The maximum Gasteiger partial charge on any atom is 0.420 e. The summed E-state index contributed by atoms with van der Waals surface area (Å²) in [6.07, 6.45) is -6.13. The van der Waals surface area contributed by atoms with Gasteiger partial charge in [0.05, 0.1) is 11.7 Å². The van der Waals surface area contributed by atoms with Crippen LogP contribution in [-0.2, 0) is 6.18 Å². The van der Waals surface area contributed by atoms with Crippen molar-refractivity contribution >= 4 is 11.6 Å². The zero-order valence-corrected chi connectivity index (χ0v) is 8.68. The number of alkyl halides is 3. The molecule has 0 aliphatic heterocycles. The molecule has 1 aromatic carbocycles. The average molecular weight is 256 g/mol. The fraction of sp³-hybridized carbons (Fsp3) is 0.333. The van der Waals surface area contributed by atoms with Crippen LogP contribution in [0.25, 0.3) is 0 Å². The fourth-order valence-corrected chi connectivity index (χ4v) is 1.44. The van der Waals surface area contributed by atoms with E-state index in [0.29, 0.717) is 6.07 Å². The molecule has 1 atom stereocenters. The van der Waals surface area contributed by atoms with Crippen LogP contribution in [-0.4, -0.2) is 16.8 Å². The van der Waals surface area contributed by atoms with E-state index >= 15 is 0 Å². The number of benzene rings is 1. The minimum Gasteiger partial charge on any atom is -0.507 e. The van der Waals surface area contributed by atoms with Gasteiger partial charge in [-0.05, 0) is 12.1 Å². The van der Waals surface area contributed by atoms with Gasteiger partial charge in [-0.2, -0.15) is 13.2 Å². The normalized spacial score (nSPS) is 13.9. The van der Waals surface area contributed by atoms with E-state index in [-0.39, 0.29) is 17.1 Å². The van der Waals surface area contributed by atoms with Crippen molar-refractivity contribution in [2.24, 2.45) is 5.73 Å². The first-order valence-electron chi connectivity index (χ1n) is 4.25. The van der Waals surface area contributed by atoms with Crippen molar-refractivity contribution in [3.63, 3.8) is 0 Å². The molecule has 0 saturated heterocycles. The first kappa shape index (κ1) is 13.1. The molecule has 3 nitrogen and oxygen atoms in total. The van der Waals surface area contributed by atoms with Gasteiger partial charge in [0.2, 0.25) is 0 Å². The standard InChI is InChI=1S/C9H9ClF3NO2/c10-4-1-5(7(15)3-14)8(16)6(2-4)9(11,12)13/h1-2,7,15-16H,3,14H2. The van der Waals surface area contributed by atoms with Crippen LogP contribution in [0.4, 0.5) is 13.2 Å². The second kappa shape index (κ2) is 4.48. The minimum atomic E-state index is -4.74. The average Bonchev–Trinajstić information content (AvgIpc) is 2.18. The van der Waals surface area contributed by atoms with E-state index in [1.165, 1.54) is 0 Å². The maximum absolute atomic E-state index is 12.4. The number of hydrogen-bond donors (Lipinski definition) is 3. The molecule has 0 saturated carbocycles. The van der Waals surface area contributed by atoms with Gasteiger partial charge in [-0.25, -0.2) is 0 Å². The molecule has 90 valence electrons. The predicted molar refractivity (Wildman–Crippen MR) is 52.1 cm³/mol. The Labute approximate surface area is 94.3 Å². The lowest BCUT2D eigenvalue weighted by molar-refractivity contribution is -0.138. The van der Waals surface area contributed by atoms with E-state index in [4.69, 9.17) is 17.3 Å². The van der Waals surface area contributed by atoms with E-state index in [0.717, 1.165) is 6.07 Å². The first-order chi connectivity index (χ1) is 7.27. The van der Waals surface area contributed by atoms with E-state index in [9.17, 15) is 23.4 Å². The molecule has 0 radical (unpaired) electrons. The zero-order valence-electron chi connectivity index (χ0n) is 7.92. The second-order valence-corrected chi connectivity index (χ2v) is 3.58. The summed E-state index contributed by atoms with van der Waals surface area (Å²) in [6, 6.07) is 1.63. The Morgan fingerprint density at radius 1 is 1.38 bits per heavy atom. The molecule has 0 spiro atoms. The summed E-state index contributed by atoms with van der Waals surface area (Å²) in [6.45, 7) is -0.314. The highest BCUT2D eigenvalue weighted by Gasteiger charge is 2.36. The number of rotatable bonds is 2. The number of aliphatic hydroxyl groups excluding tert-OH is 1. The first-order valence-corrected chi connectivity index (χ1v) is 4.63. The van der Waals surface area contributed by atoms with E-state index in [1.54, 1.807) is 0 Å². The van der Waals surface area contributed by atoms with Crippen LogP contribution in [0.5, 0.6) is 5.75 Å². The highest BCUT2D eigenvalue weighted by Crippen LogP contribution is 2.41. The van der Waals surface area contributed by atoms with Crippen molar-refractivity contribution < 1.29 is 23.4 Å². The van der Waals surface area contributed by atoms with Gasteiger partial charge in [0, 0.05) is 17.1 Å². The second-order valence-electron chi connectivity index (χ2n) is 3.14. The number of halogens is 4. The lowest BCUT2D eigenvalue weighted by Gasteiger charge is -2.16. The molecule has 0 bridgehead atoms. The van der Waals surface area contributed by atoms with E-state index in [1.807, 2.05) is 0 Å². The summed E-state index contributed by atoms with van der Waals surface area (Å²) in [4.78, 5) is 0. The molecule has 1 rings (SSSR count). The van der Waals surface area contributed by atoms with Crippen LogP contribution in [0.2, 0.25) is 5.02 Å². The summed E-state index contributed by atoms with van der Waals surface area (Å²) in [5.74, 6) is -1.05. The van der Waals surface area contributed by atoms with Gasteiger partial charge >= 0.3 is 6.18 Å². The topological polar surface area (TPSA) is 66.5 Å². The highest BCUT2D eigenvalue weighted by atomic mass is 35.5. The Balaban J connectivity index is 3.38. The molecule has 0 aliphatic carbocycles. The van der Waals surface area contributed by atoms with Crippen LogP contribution in [0.1, 0.15) is 17.2 Å². The van der Waals surface area contributed by atoms with Crippen molar-refractivity contribution in [1.29, 1.82) is 0 Å². The van der Waals surface area contributed by atoms with Gasteiger partial charge < -0.3 is 15.9 Å². The predicted octanol–water partition coefficient (Wildman–Crippen LogP) is 2.06. The molecule has 1 aromatic rings. The summed E-state index contributed by atoms with van der Waals surface area (Å²) in [7, 11) is 0. The number of phenolic OH excluding ortho intramolecular Hbond substituents is 1. The Kier molecular flexibility index (Phi) is 3.67. The largest absolute Gasteiger partial charge is 0.507 e. The van der Waals surface area contributed by atoms with Crippen LogP contribution in [0, 0.1) is 0 Å². The third kappa shape index (κ3) is 2.58. The van der Waals surface area contributed by atoms with Gasteiger partial charge in [0.15, 0.2) is 0 Å². The number of hydrogen-bond acceptors (Lipinski definition) is 3. The molecule has 0 fully saturated rings. The molecule has 1 unspecified atom stereocenters. The zero-order chi connectivity index (χ0) is 12.5. The van der Waals surface area contributed by atoms with Crippen molar-refractivity contribution in [2.45, 2.75) is 12.3 Å². The van der Waals surface area contributed by atoms with Crippen LogP contribution < -0.4 is 5.73 Å². The van der Waals surface area contributed by atoms with Crippen molar-refractivity contribution in [2.75, 3.05) is 6.54 Å². The van der Waals surface area contributed by atoms with Gasteiger partial charge in [0.25, 0.3) is 0 Å². The van der Waals surface area contributed by atoms with Crippen LogP contribution in [0.3, 0.4) is 0 Å². The highest BCUT2D eigenvalue weighted by molar-refractivity contribution is 6.30. The maximum atomic E-state index is 12.4. The third-order valence-corrected chi connectivity index (χ3v) is 2.21. The molecule has 16 heavy (non-hydrogen) atoms. The lowest BCUT2D eigenvalue weighted by Crippen LogP contribution is -2.14. The Bertz CT molecular complexity index is 395. The minimum absolute atomic E-state index is 0.229. The van der Waals surface area contributed by atoms with Gasteiger partial charge in [0.1, 0.15) is 5.75 Å². The van der Waals surface area contributed by atoms with Crippen LogP contribution >= 0.6 is 11.6 Å². The van der Waals surface area contributed by atoms with Crippen LogP contribution in [0.15, 0.2) is 12.1 Å². The number of aromatic hydroxyl groups is 1. The SMILES string of the molecule is NCC(O)c1cc(Cl)cc(C(F)(F)F)c1O. The van der Waals surface area contributed by atoms with E-state index in [2.05, 4.69) is 0 Å². The summed E-state index contributed by atoms with van der Waals surface area (Å²) >= 11 is 5.47. The molecule has 0 heterocycles. The van der Waals surface area contributed by atoms with Crippen molar-refractivity contribution in [3.05, 3.63) is 28.3 Å². The smallest absolute Gasteiger partial charge is 0.420 e. The number of aliphatic hydroxyl groups is 1. The molecule has 0 aliphatic rings. The van der Waals surface area contributed by atoms with Gasteiger partial charge in [-0.1, -0.05) is 11.6 Å². The quantitative estimate of drug-likeness (QED) is 0.758. The Morgan fingerprint density at radius 3 is 2.38 bits per heavy atom. The number of phenols is 1. The molecular weight excluding hydrogens is 247 g/mol. The van der Waals surface area contributed by atoms with Gasteiger partial charge in [-0.3, -0.25) is 0 Å². The van der Waals surface area contributed by atoms with E-state index < -0.39 is 23.6 Å². The van der Waals surface area contributed by atoms with Crippen molar-refractivity contribution in [1.82, 2.24) is 0 Å². The number of nitrogens with two attached hydrogens (primary N) is 1.